The van der Waals surface area contributed by atoms with E-state index in [4.69, 9.17) is 5.26 Å². The molecule has 1 aromatic heterocycles. The van der Waals surface area contributed by atoms with Gasteiger partial charge in [0.1, 0.15) is 0 Å². The maximum atomic E-state index is 8.82. The van der Waals surface area contributed by atoms with E-state index in [-0.39, 0.29) is 0 Å². The molecular formula is C12H9N3S. The molecule has 78 valence electrons. The fraction of sp³-hybridized carbons (Fsp3) is 0.0833. The molecule has 0 fully saturated rings. The minimum Gasteiger partial charge on any atom is -0.231 e. The van der Waals surface area contributed by atoms with Crippen molar-refractivity contribution in [2.24, 2.45) is 0 Å². The van der Waals surface area contributed by atoms with Crippen LogP contribution in [0.1, 0.15) is 11.1 Å². The lowest BCUT2D eigenvalue weighted by molar-refractivity contribution is 0.966. The van der Waals surface area contributed by atoms with Crippen molar-refractivity contribution in [1.29, 1.82) is 5.26 Å². The van der Waals surface area contributed by atoms with Crippen LogP contribution in [0.5, 0.6) is 0 Å². The lowest BCUT2D eigenvalue weighted by Crippen LogP contribution is -1.85. The van der Waals surface area contributed by atoms with E-state index in [1.54, 1.807) is 18.5 Å². The van der Waals surface area contributed by atoms with Crippen molar-refractivity contribution in [3.05, 3.63) is 47.8 Å². The van der Waals surface area contributed by atoms with Gasteiger partial charge in [-0.25, -0.2) is 9.97 Å². The molecule has 0 aliphatic rings. The Hall–Kier alpha value is -1.86. The van der Waals surface area contributed by atoms with E-state index in [9.17, 15) is 0 Å². The van der Waals surface area contributed by atoms with Crippen molar-refractivity contribution >= 4 is 11.8 Å². The summed E-state index contributed by atoms with van der Waals surface area (Å²) in [6.45, 7) is 1.93. The van der Waals surface area contributed by atoms with Crippen LogP contribution in [0.2, 0.25) is 0 Å². The minimum absolute atomic E-state index is 0.707. The lowest BCUT2D eigenvalue weighted by Gasteiger charge is -2.02. The number of hydrogen-bond acceptors (Lipinski definition) is 4. The van der Waals surface area contributed by atoms with E-state index in [0.717, 1.165) is 10.5 Å². The van der Waals surface area contributed by atoms with Gasteiger partial charge in [-0.05, 0) is 48.5 Å². The molecule has 1 aromatic carbocycles. The first-order valence-corrected chi connectivity index (χ1v) is 5.57. The Labute approximate surface area is 98.2 Å². The number of nitrogens with zero attached hydrogens (tertiary/aromatic N) is 3. The fourth-order valence-electron chi connectivity index (χ4n) is 1.27. The van der Waals surface area contributed by atoms with Crippen molar-refractivity contribution in [2.45, 2.75) is 17.0 Å². The van der Waals surface area contributed by atoms with Gasteiger partial charge in [0.15, 0.2) is 5.16 Å². The Balaban J connectivity index is 2.24. The van der Waals surface area contributed by atoms with Gasteiger partial charge in [-0.15, -0.1) is 0 Å². The van der Waals surface area contributed by atoms with E-state index < -0.39 is 0 Å². The Bertz CT molecular complexity index is 532. The van der Waals surface area contributed by atoms with Crippen LogP contribution in [0.4, 0.5) is 0 Å². The van der Waals surface area contributed by atoms with E-state index in [1.165, 1.54) is 11.8 Å². The standard InChI is InChI=1S/C12H9N3S/c1-9-7-11(4-3-10(9)8-13)16-12-14-5-2-6-15-12/h2-7H,1H3. The summed E-state index contributed by atoms with van der Waals surface area (Å²) in [6, 6.07) is 9.63. The fourth-order valence-corrected chi connectivity index (χ4v) is 2.08. The summed E-state index contributed by atoms with van der Waals surface area (Å²) in [7, 11) is 0. The molecule has 0 radical (unpaired) electrons. The SMILES string of the molecule is Cc1cc(Sc2ncccn2)ccc1C#N. The summed E-state index contributed by atoms with van der Waals surface area (Å²) in [5.74, 6) is 0. The zero-order valence-electron chi connectivity index (χ0n) is 8.71. The van der Waals surface area contributed by atoms with Crippen molar-refractivity contribution in [2.75, 3.05) is 0 Å². The topological polar surface area (TPSA) is 49.6 Å². The zero-order valence-corrected chi connectivity index (χ0v) is 9.53. The van der Waals surface area contributed by atoms with Gasteiger partial charge in [-0.1, -0.05) is 0 Å². The quantitative estimate of drug-likeness (QED) is 0.740. The molecule has 0 unspecified atom stereocenters. The molecule has 0 bridgehead atoms. The molecular weight excluding hydrogens is 218 g/mol. The second-order valence-corrected chi connectivity index (χ2v) is 4.26. The predicted molar refractivity (Wildman–Crippen MR) is 62.0 cm³/mol. The molecule has 0 amide bonds. The molecule has 0 saturated heterocycles. The molecule has 1 heterocycles. The highest BCUT2D eigenvalue weighted by atomic mass is 32.2. The number of aryl methyl sites for hydroxylation is 1. The maximum absolute atomic E-state index is 8.82. The molecule has 2 aromatic rings. The summed E-state index contributed by atoms with van der Waals surface area (Å²) < 4.78 is 0. The van der Waals surface area contributed by atoms with Crippen molar-refractivity contribution < 1.29 is 0 Å². The molecule has 0 N–H and O–H groups in total. The van der Waals surface area contributed by atoms with Gasteiger partial charge >= 0.3 is 0 Å². The van der Waals surface area contributed by atoms with Gasteiger partial charge in [0, 0.05) is 17.3 Å². The highest BCUT2D eigenvalue weighted by molar-refractivity contribution is 7.99. The normalized spacial score (nSPS) is 9.75. The number of aromatic nitrogens is 2. The second-order valence-electron chi connectivity index (χ2n) is 3.22. The average molecular weight is 227 g/mol. The van der Waals surface area contributed by atoms with E-state index in [1.807, 2.05) is 25.1 Å². The van der Waals surface area contributed by atoms with E-state index in [0.29, 0.717) is 10.7 Å². The first-order valence-electron chi connectivity index (χ1n) is 4.75. The Morgan fingerprint density at radius 3 is 2.62 bits per heavy atom. The van der Waals surface area contributed by atoms with Crippen LogP contribution in [0.3, 0.4) is 0 Å². The molecule has 2 rings (SSSR count). The van der Waals surface area contributed by atoms with Crippen molar-refractivity contribution in [3.63, 3.8) is 0 Å². The smallest absolute Gasteiger partial charge is 0.192 e. The van der Waals surface area contributed by atoms with Crippen LogP contribution in [0.25, 0.3) is 0 Å². The van der Waals surface area contributed by atoms with Gasteiger partial charge in [-0.2, -0.15) is 5.26 Å². The molecule has 16 heavy (non-hydrogen) atoms. The summed E-state index contributed by atoms with van der Waals surface area (Å²) in [5, 5.41) is 9.53. The minimum atomic E-state index is 0.707. The summed E-state index contributed by atoms with van der Waals surface area (Å²) in [4.78, 5) is 9.31. The Kier molecular flexibility index (Phi) is 3.18. The lowest BCUT2D eigenvalue weighted by atomic mass is 10.1. The van der Waals surface area contributed by atoms with E-state index >= 15 is 0 Å². The first-order chi connectivity index (χ1) is 7.79. The average Bonchev–Trinajstić information content (AvgIpc) is 2.31. The van der Waals surface area contributed by atoms with Crippen LogP contribution in [0, 0.1) is 18.3 Å². The monoisotopic (exact) mass is 227 g/mol. The van der Waals surface area contributed by atoms with Crippen LogP contribution >= 0.6 is 11.8 Å². The molecule has 3 nitrogen and oxygen atoms in total. The molecule has 0 saturated carbocycles. The van der Waals surface area contributed by atoms with Crippen LogP contribution in [0.15, 0.2) is 46.7 Å². The third kappa shape index (κ3) is 2.38. The van der Waals surface area contributed by atoms with Crippen LogP contribution in [-0.2, 0) is 0 Å². The largest absolute Gasteiger partial charge is 0.231 e. The number of nitriles is 1. The Morgan fingerprint density at radius 2 is 2.00 bits per heavy atom. The van der Waals surface area contributed by atoms with Gasteiger partial charge in [-0.3, -0.25) is 0 Å². The number of rotatable bonds is 2. The summed E-state index contributed by atoms with van der Waals surface area (Å²) >= 11 is 1.49. The third-order valence-corrected chi connectivity index (χ3v) is 2.95. The number of hydrogen-bond donors (Lipinski definition) is 0. The van der Waals surface area contributed by atoms with E-state index in [2.05, 4.69) is 16.0 Å². The highest BCUT2D eigenvalue weighted by Crippen LogP contribution is 2.25. The van der Waals surface area contributed by atoms with Gasteiger partial charge < -0.3 is 0 Å². The van der Waals surface area contributed by atoms with Gasteiger partial charge in [0.2, 0.25) is 0 Å². The molecule has 0 aliphatic carbocycles. The predicted octanol–water partition coefficient (Wildman–Crippen LogP) is 2.81. The summed E-state index contributed by atoms with van der Waals surface area (Å²) in [5.41, 5.74) is 1.68. The van der Waals surface area contributed by atoms with Crippen molar-refractivity contribution in [3.8, 4) is 6.07 Å². The van der Waals surface area contributed by atoms with Crippen LogP contribution < -0.4 is 0 Å². The van der Waals surface area contributed by atoms with Crippen LogP contribution in [-0.4, -0.2) is 9.97 Å². The van der Waals surface area contributed by atoms with Crippen molar-refractivity contribution in [1.82, 2.24) is 9.97 Å². The molecule has 0 atom stereocenters. The summed E-state index contributed by atoms with van der Waals surface area (Å²) in [6.07, 6.45) is 3.43. The molecule has 0 aliphatic heterocycles. The highest BCUT2D eigenvalue weighted by Gasteiger charge is 2.02. The molecule has 4 heteroatoms. The maximum Gasteiger partial charge on any atom is 0.192 e. The Morgan fingerprint density at radius 1 is 1.25 bits per heavy atom. The first kappa shape index (κ1) is 10.7. The molecule has 0 spiro atoms. The number of benzene rings is 1. The third-order valence-electron chi connectivity index (χ3n) is 2.07. The second kappa shape index (κ2) is 4.77. The van der Waals surface area contributed by atoms with Gasteiger partial charge in [0.25, 0.3) is 0 Å². The zero-order chi connectivity index (χ0) is 11.4. The van der Waals surface area contributed by atoms with Gasteiger partial charge in [0.05, 0.1) is 11.6 Å².